The van der Waals surface area contributed by atoms with Gasteiger partial charge in [-0.2, -0.15) is 0 Å². The molecule has 1 aliphatic rings. The molecule has 29 heavy (non-hydrogen) atoms. The number of rotatable bonds is 9. The van der Waals surface area contributed by atoms with Crippen molar-refractivity contribution in [2.75, 3.05) is 31.0 Å². The lowest BCUT2D eigenvalue weighted by Crippen LogP contribution is -2.39. The van der Waals surface area contributed by atoms with E-state index in [1.807, 2.05) is 7.05 Å². The second-order valence-electron chi connectivity index (χ2n) is 7.11. The summed E-state index contributed by atoms with van der Waals surface area (Å²) in [5.41, 5.74) is 0.508. The Morgan fingerprint density at radius 3 is 2.55 bits per heavy atom. The molecule has 0 saturated heterocycles. The van der Waals surface area contributed by atoms with Crippen LogP contribution in [0.4, 0.5) is 5.69 Å². The van der Waals surface area contributed by atoms with Crippen LogP contribution in [0, 0.1) is 0 Å². The maximum Gasteiger partial charge on any atom is 0.316 e. The molecule has 8 heteroatoms. The molecule has 1 saturated carbocycles. The lowest BCUT2D eigenvalue weighted by atomic mass is 9.94. The molecular weight excluding hydrogens is 392 g/mol. The maximum atomic E-state index is 12.3. The van der Waals surface area contributed by atoms with E-state index in [2.05, 4.69) is 5.32 Å². The molecule has 7 nitrogen and oxygen atoms in total. The van der Waals surface area contributed by atoms with Crippen LogP contribution in [0.2, 0.25) is 0 Å². The highest BCUT2D eigenvalue weighted by atomic mass is 32.2. The van der Waals surface area contributed by atoms with Crippen molar-refractivity contribution in [1.29, 1.82) is 0 Å². The summed E-state index contributed by atoms with van der Waals surface area (Å²) in [6.07, 6.45) is 4.71. The molecule has 160 valence electrons. The molecule has 0 aromatic heterocycles. The number of carbonyl (C=O) groups is 3. The van der Waals surface area contributed by atoms with E-state index in [4.69, 9.17) is 9.47 Å². The van der Waals surface area contributed by atoms with E-state index in [-0.39, 0.29) is 17.4 Å². The van der Waals surface area contributed by atoms with E-state index < -0.39 is 18.0 Å². The minimum absolute atomic E-state index is 0.0243. The summed E-state index contributed by atoms with van der Waals surface area (Å²) in [6.45, 7) is 1.51. The number of hydrogen-bond acceptors (Lipinski definition) is 6. The van der Waals surface area contributed by atoms with Crippen LogP contribution in [0.3, 0.4) is 0 Å². The monoisotopic (exact) mass is 422 g/mol. The number of esters is 1. The van der Waals surface area contributed by atoms with Crippen molar-refractivity contribution in [2.45, 2.75) is 51.2 Å². The number of carbonyl (C=O) groups excluding carboxylic acids is 3. The fraction of sp³-hybridized carbons (Fsp3) is 0.571. The van der Waals surface area contributed by atoms with Gasteiger partial charge in [0.05, 0.1) is 24.3 Å². The molecule has 1 aromatic rings. The fourth-order valence-electron chi connectivity index (χ4n) is 3.26. The third-order valence-corrected chi connectivity index (χ3v) is 5.89. The summed E-state index contributed by atoms with van der Waals surface area (Å²) in [6, 6.07) is 7.30. The lowest BCUT2D eigenvalue weighted by Gasteiger charge is -2.31. The first-order chi connectivity index (χ1) is 13.9. The van der Waals surface area contributed by atoms with Crippen molar-refractivity contribution in [1.82, 2.24) is 4.90 Å². The van der Waals surface area contributed by atoms with Gasteiger partial charge < -0.3 is 19.7 Å². The van der Waals surface area contributed by atoms with Gasteiger partial charge in [0.2, 0.25) is 5.91 Å². The Morgan fingerprint density at radius 2 is 1.86 bits per heavy atom. The largest absolute Gasteiger partial charge is 0.495 e. The number of thioether (sulfide) groups is 1. The van der Waals surface area contributed by atoms with E-state index in [0.29, 0.717) is 17.5 Å². The molecule has 0 heterocycles. The molecule has 0 radical (unpaired) electrons. The van der Waals surface area contributed by atoms with E-state index in [0.717, 1.165) is 25.7 Å². The molecule has 1 atom stereocenters. The molecule has 1 aliphatic carbocycles. The van der Waals surface area contributed by atoms with Gasteiger partial charge in [0, 0.05) is 13.1 Å². The standard InChI is InChI=1S/C21H30N2O5S/c1-15(21(26)22-17-11-7-8-12-18(17)27-3)28-20(25)14-29-13-19(24)23(2)16-9-5-4-6-10-16/h7-8,11-12,15-16H,4-6,9-10,13-14H2,1-3H3,(H,22,26)/t15-/m1/s1. The van der Waals surface area contributed by atoms with Crippen molar-refractivity contribution in [3.63, 3.8) is 0 Å². The molecule has 1 N–H and O–H groups in total. The number of para-hydroxylation sites is 2. The van der Waals surface area contributed by atoms with Gasteiger partial charge in [-0.1, -0.05) is 31.4 Å². The summed E-state index contributed by atoms with van der Waals surface area (Å²) in [5, 5.41) is 2.68. The predicted molar refractivity (Wildman–Crippen MR) is 114 cm³/mol. The minimum atomic E-state index is -0.950. The average molecular weight is 423 g/mol. The maximum absolute atomic E-state index is 12.3. The topological polar surface area (TPSA) is 84.9 Å². The van der Waals surface area contributed by atoms with Gasteiger partial charge in [-0.25, -0.2) is 0 Å². The van der Waals surface area contributed by atoms with E-state index >= 15 is 0 Å². The molecular formula is C21H30N2O5S. The van der Waals surface area contributed by atoms with Crippen molar-refractivity contribution >= 4 is 35.2 Å². The highest BCUT2D eigenvalue weighted by Gasteiger charge is 2.23. The number of ether oxygens (including phenoxy) is 2. The summed E-state index contributed by atoms with van der Waals surface area (Å²) in [4.78, 5) is 38.4. The first-order valence-electron chi connectivity index (χ1n) is 9.89. The zero-order valence-corrected chi connectivity index (χ0v) is 18.1. The Labute approximate surface area is 176 Å². The number of benzene rings is 1. The van der Waals surface area contributed by atoms with Gasteiger partial charge in [-0.05, 0) is 31.9 Å². The molecule has 1 aromatic carbocycles. The van der Waals surface area contributed by atoms with Crippen LogP contribution in [0.15, 0.2) is 24.3 Å². The second kappa shape index (κ2) is 11.7. The molecule has 0 aliphatic heterocycles. The minimum Gasteiger partial charge on any atom is -0.495 e. The van der Waals surface area contributed by atoms with Gasteiger partial charge >= 0.3 is 5.97 Å². The summed E-state index contributed by atoms with van der Waals surface area (Å²) in [5.74, 6) is -0.167. The molecule has 0 bridgehead atoms. The highest BCUT2D eigenvalue weighted by molar-refractivity contribution is 8.00. The Bertz CT molecular complexity index is 706. The normalized spacial score (nSPS) is 15.3. The van der Waals surface area contributed by atoms with Gasteiger partial charge in [-0.3, -0.25) is 14.4 Å². The quantitative estimate of drug-likeness (QED) is 0.616. The van der Waals surface area contributed by atoms with Crippen LogP contribution in [0.1, 0.15) is 39.0 Å². The van der Waals surface area contributed by atoms with Crippen molar-refractivity contribution < 1.29 is 23.9 Å². The van der Waals surface area contributed by atoms with Gasteiger partial charge in [0.25, 0.3) is 5.91 Å². The summed E-state index contributed by atoms with van der Waals surface area (Å²) < 4.78 is 10.4. The third kappa shape index (κ3) is 7.27. The smallest absolute Gasteiger partial charge is 0.316 e. The van der Waals surface area contributed by atoms with Gasteiger partial charge in [-0.15, -0.1) is 11.8 Å². The predicted octanol–water partition coefficient (Wildman–Crippen LogP) is 3.09. The van der Waals surface area contributed by atoms with Gasteiger partial charge in [0.1, 0.15) is 5.75 Å². The Hall–Kier alpha value is -2.22. The number of hydrogen-bond donors (Lipinski definition) is 1. The fourth-order valence-corrected chi connectivity index (χ4v) is 3.98. The summed E-state index contributed by atoms with van der Waals surface area (Å²) in [7, 11) is 3.35. The van der Waals surface area contributed by atoms with Gasteiger partial charge in [0.15, 0.2) is 6.10 Å². The van der Waals surface area contributed by atoms with Crippen molar-refractivity contribution in [2.24, 2.45) is 0 Å². The third-order valence-electron chi connectivity index (χ3n) is 5.00. The van der Waals surface area contributed by atoms with Crippen LogP contribution >= 0.6 is 11.8 Å². The van der Waals surface area contributed by atoms with Crippen LogP contribution in [0.5, 0.6) is 5.75 Å². The van der Waals surface area contributed by atoms with Crippen LogP contribution in [-0.2, 0) is 19.1 Å². The Morgan fingerprint density at radius 1 is 1.17 bits per heavy atom. The molecule has 1 fully saturated rings. The van der Waals surface area contributed by atoms with E-state index in [1.54, 1.807) is 29.2 Å². The zero-order valence-electron chi connectivity index (χ0n) is 17.3. The van der Waals surface area contributed by atoms with E-state index in [9.17, 15) is 14.4 Å². The van der Waals surface area contributed by atoms with Crippen LogP contribution in [0.25, 0.3) is 0 Å². The molecule has 0 spiro atoms. The SMILES string of the molecule is COc1ccccc1NC(=O)[C@@H](C)OC(=O)CSCC(=O)N(C)C1CCCCC1. The second-order valence-corrected chi connectivity index (χ2v) is 8.10. The first-order valence-corrected chi connectivity index (χ1v) is 11.0. The average Bonchev–Trinajstić information content (AvgIpc) is 2.74. The van der Waals surface area contributed by atoms with E-state index in [1.165, 1.54) is 32.2 Å². The Kier molecular flexibility index (Phi) is 9.31. The number of nitrogens with zero attached hydrogens (tertiary/aromatic N) is 1. The van der Waals surface area contributed by atoms with Crippen LogP contribution < -0.4 is 10.1 Å². The lowest BCUT2D eigenvalue weighted by molar-refractivity contribution is -0.150. The van der Waals surface area contributed by atoms with Crippen molar-refractivity contribution in [3.05, 3.63) is 24.3 Å². The molecule has 0 unspecified atom stereocenters. The Balaban J connectivity index is 1.71. The molecule has 2 amide bonds. The zero-order chi connectivity index (χ0) is 21.2. The number of anilines is 1. The highest BCUT2D eigenvalue weighted by Crippen LogP contribution is 2.24. The first kappa shape index (κ1) is 23.1. The molecule has 2 rings (SSSR count). The van der Waals surface area contributed by atoms with Crippen molar-refractivity contribution in [3.8, 4) is 5.75 Å². The van der Waals surface area contributed by atoms with Crippen LogP contribution in [-0.4, -0.2) is 60.5 Å². The summed E-state index contributed by atoms with van der Waals surface area (Å²) >= 11 is 1.21. The number of methoxy groups -OCH3 is 1. The number of nitrogens with one attached hydrogen (secondary N) is 1. The number of amides is 2.